The van der Waals surface area contributed by atoms with E-state index >= 15 is 0 Å². The van der Waals surface area contributed by atoms with Gasteiger partial charge in [0.25, 0.3) is 0 Å². The molecule has 2 aliphatic carbocycles. The molecule has 1 aromatic carbocycles. The molecule has 0 amide bonds. The summed E-state index contributed by atoms with van der Waals surface area (Å²) in [6.07, 6.45) is 4.86. The van der Waals surface area contributed by atoms with E-state index < -0.39 is 0 Å². The van der Waals surface area contributed by atoms with E-state index in [0.29, 0.717) is 12.0 Å². The van der Waals surface area contributed by atoms with Crippen molar-refractivity contribution < 1.29 is 0 Å². The lowest BCUT2D eigenvalue weighted by Gasteiger charge is -2.08. The molecule has 2 aliphatic rings. The number of pyridine rings is 1. The van der Waals surface area contributed by atoms with Crippen LogP contribution in [0.3, 0.4) is 0 Å². The minimum absolute atomic E-state index is 0.412. The molecule has 3 unspecified atom stereocenters. The summed E-state index contributed by atoms with van der Waals surface area (Å²) < 4.78 is 0. The Morgan fingerprint density at radius 3 is 2.71 bits per heavy atom. The van der Waals surface area contributed by atoms with Gasteiger partial charge < -0.3 is 5.73 Å². The normalized spacial score (nSPS) is 28.6. The third-order valence-corrected chi connectivity index (χ3v) is 4.20. The molecular formula is C15H14N2. The highest BCUT2D eigenvalue weighted by atomic mass is 14.8. The van der Waals surface area contributed by atoms with E-state index in [2.05, 4.69) is 35.3 Å². The molecule has 2 N–H and O–H groups in total. The molecule has 2 nitrogen and oxygen atoms in total. The molecule has 1 fully saturated rings. The summed E-state index contributed by atoms with van der Waals surface area (Å²) in [4.78, 5) is 4.06. The van der Waals surface area contributed by atoms with Gasteiger partial charge in [0.2, 0.25) is 0 Å². The Morgan fingerprint density at radius 1 is 1.06 bits per heavy atom. The zero-order valence-electron chi connectivity index (χ0n) is 9.51. The summed E-state index contributed by atoms with van der Waals surface area (Å²) in [6, 6.07) is 11.3. The quantitative estimate of drug-likeness (QED) is 0.804. The molecule has 1 heterocycles. The monoisotopic (exact) mass is 222 g/mol. The van der Waals surface area contributed by atoms with E-state index in [-0.39, 0.29) is 0 Å². The summed E-state index contributed by atoms with van der Waals surface area (Å²) in [7, 11) is 0. The van der Waals surface area contributed by atoms with Gasteiger partial charge in [0.15, 0.2) is 0 Å². The Morgan fingerprint density at radius 2 is 1.88 bits per heavy atom. The zero-order chi connectivity index (χ0) is 11.4. The van der Waals surface area contributed by atoms with Crippen LogP contribution in [0, 0.1) is 5.92 Å². The number of fused-ring (bicyclic) bond motifs is 3. The number of hydrogen-bond acceptors (Lipinski definition) is 2. The molecular weight excluding hydrogens is 208 g/mol. The molecule has 1 saturated carbocycles. The maximum absolute atomic E-state index is 6.07. The van der Waals surface area contributed by atoms with Gasteiger partial charge in [-0.2, -0.15) is 0 Å². The second kappa shape index (κ2) is 3.17. The molecule has 84 valence electrons. The number of aromatic nitrogens is 1. The van der Waals surface area contributed by atoms with Crippen molar-refractivity contribution in [3.8, 4) is 11.1 Å². The number of nitrogens with two attached hydrogens (primary N) is 1. The van der Waals surface area contributed by atoms with Crippen LogP contribution in [0.1, 0.15) is 17.0 Å². The Bertz CT molecular complexity index is 577. The molecule has 17 heavy (non-hydrogen) atoms. The van der Waals surface area contributed by atoms with Crippen LogP contribution >= 0.6 is 0 Å². The summed E-state index contributed by atoms with van der Waals surface area (Å²) in [6.45, 7) is 0. The van der Waals surface area contributed by atoms with Gasteiger partial charge in [-0.05, 0) is 46.7 Å². The summed E-state index contributed by atoms with van der Waals surface area (Å²) >= 11 is 0. The molecule has 0 aliphatic heterocycles. The Balaban J connectivity index is 1.80. The standard InChI is InChI=1S/C15H14N2/c16-15-13-8-11-2-1-10(7-12(11)14(13)15)9-3-5-17-6-4-9/h1-7,13-15H,8,16H2. The summed E-state index contributed by atoms with van der Waals surface area (Å²) in [5.74, 6) is 1.35. The van der Waals surface area contributed by atoms with E-state index in [1.807, 2.05) is 12.4 Å². The van der Waals surface area contributed by atoms with Crippen molar-refractivity contribution >= 4 is 0 Å². The molecule has 0 radical (unpaired) electrons. The molecule has 0 bridgehead atoms. The molecule has 1 aromatic heterocycles. The van der Waals surface area contributed by atoms with E-state index in [1.165, 1.54) is 28.7 Å². The minimum atomic E-state index is 0.412. The summed E-state index contributed by atoms with van der Waals surface area (Å²) in [5, 5.41) is 0. The van der Waals surface area contributed by atoms with Crippen molar-refractivity contribution in [1.29, 1.82) is 0 Å². The molecule has 4 rings (SSSR count). The maximum Gasteiger partial charge on any atom is 0.0273 e. The van der Waals surface area contributed by atoms with Gasteiger partial charge >= 0.3 is 0 Å². The zero-order valence-corrected chi connectivity index (χ0v) is 9.51. The van der Waals surface area contributed by atoms with Crippen LogP contribution in [0.25, 0.3) is 11.1 Å². The van der Waals surface area contributed by atoms with Crippen molar-refractivity contribution in [2.24, 2.45) is 11.7 Å². The fraction of sp³-hybridized carbons (Fsp3) is 0.267. The molecule has 3 atom stereocenters. The van der Waals surface area contributed by atoms with Gasteiger partial charge in [0.1, 0.15) is 0 Å². The Kier molecular flexibility index (Phi) is 1.75. The number of benzene rings is 1. The van der Waals surface area contributed by atoms with Crippen LogP contribution in [0.2, 0.25) is 0 Å². The number of rotatable bonds is 1. The van der Waals surface area contributed by atoms with Crippen molar-refractivity contribution in [3.63, 3.8) is 0 Å². The molecule has 2 heteroatoms. The average Bonchev–Trinajstić information content (AvgIpc) is 2.87. The van der Waals surface area contributed by atoms with Crippen LogP contribution in [0.15, 0.2) is 42.7 Å². The third kappa shape index (κ3) is 1.28. The van der Waals surface area contributed by atoms with Gasteiger partial charge in [-0.25, -0.2) is 0 Å². The number of hydrogen-bond donors (Lipinski definition) is 1. The van der Waals surface area contributed by atoms with Crippen LogP contribution in [-0.4, -0.2) is 11.0 Å². The predicted octanol–water partition coefficient (Wildman–Crippen LogP) is 2.35. The second-order valence-corrected chi connectivity index (χ2v) is 5.12. The first-order chi connectivity index (χ1) is 8.34. The highest BCUT2D eigenvalue weighted by Gasteiger charge is 2.53. The van der Waals surface area contributed by atoms with Gasteiger partial charge in [-0.1, -0.05) is 18.2 Å². The largest absolute Gasteiger partial charge is 0.327 e. The SMILES string of the molecule is NC1C2Cc3ccc(-c4ccncc4)cc3C12. The first-order valence-electron chi connectivity index (χ1n) is 6.13. The van der Waals surface area contributed by atoms with Crippen molar-refractivity contribution in [2.45, 2.75) is 18.4 Å². The van der Waals surface area contributed by atoms with E-state index in [9.17, 15) is 0 Å². The lowest BCUT2D eigenvalue weighted by Crippen LogP contribution is -2.08. The predicted molar refractivity (Wildman–Crippen MR) is 67.6 cm³/mol. The topological polar surface area (TPSA) is 38.9 Å². The van der Waals surface area contributed by atoms with Gasteiger partial charge in [-0.15, -0.1) is 0 Å². The van der Waals surface area contributed by atoms with Gasteiger partial charge in [-0.3, -0.25) is 4.98 Å². The third-order valence-electron chi connectivity index (χ3n) is 4.20. The average molecular weight is 222 g/mol. The first-order valence-corrected chi connectivity index (χ1v) is 6.13. The van der Waals surface area contributed by atoms with E-state index in [0.717, 1.165) is 5.92 Å². The van der Waals surface area contributed by atoms with E-state index in [4.69, 9.17) is 5.73 Å². The Labute approximate surface area is 100 Å². The van der Waals surface area contributed by atoms with Crippen molar-refractivity contribution in [2.75, 3.05) is 0 Å². The van der Waals surface area contributed by atoms with Crippen LogP contribution < -0.4 is 5.73 Å². The fourth-order valence-corrected chi connectivity index (χ4v) is 3.17. The Hall–Kier alpha value is -1.67. The van der Waals surface area contributed by atoms with Crippen LogP contribution in [-0.2, 0) is 6.42 Å². The van der Waals surface area contributed by atoms with Crippen molar-refractivity contribution in [3.05, 3.63) is 53.9 Å². The lowest BCUT2D eigenvalue weighted by molar-refractivity contribution is 0.801. The lowest BCUT2D eigenvalue weighted by atomic mass is 9.98. The molecule has 2 aromatic rings. The first kappa shape index (κ1) is 9.37. The summed E-state index contributed by atoms with van der Waals surface area (Å²) in [5.41, 5.74) is 11.6. The fourth-order valence-electron chi connectivity index (χ4n) is 3.17. The van der Waals surface area contributed by atoms with Crippen molar-refractivity contribution in [1.82, 2.24) is 4.98 Å². The molecule has 0 spiro atoms. The smallest absolute Gasteiger partial charge is 0.0273 e. The van der Waals surface area contributed by atoms with E-state index in [1.54, 1.807) is 0 Å². The maximum atomic E-state index is 6.07. The van der Waals surface area contributed by atoms with Crippen LogP contribution in [0.4, 0.5) is 0 Å². The highest BCUT2D eigenvalue weighted by Crippen LogP contribution is 2.55. The molecule has 0 saturated heterocycles. The second-order valence-electron chi connectivity index (χ2n) is 5.12. The van der Waals surface area contributed by atoms with Crippen LogP contribution in [0.5, 0.6) is 0 Å². The number of nitrogens with zero attached hydrogens (tertiary/aromatic N) is 1. The minimum Gasteiger partial charge on any atom is -0.327 e. The van der Waals surface area contributed by atoms with Gasteiger partial charge in [0.05, 0.1) is 0 Å². The van der Waals surface area contributed by atoms with Gasteiger partial charge in [0, 0.05) is 24.4 Å². The highest BCUT2D eigenvalue weighted by molar-refractivity contribution is 5.66.